The molecule has 1 saturated carbocycles. The Bertz CT molecular complexity index is 633. The molecular weight excluding hydrogens is 264 g/mol. The molecule has 1 aliphatic rings. The summed E-state index contributed by atoms with van der Waals surface area (Å²) in [5.41, 5.74) is 5.82. The van der Waals surface area contributed by atoms with Gasteiger partial charge in [-0.2, -0.15) is 0 Å². The number of nitrogens with two attached hydrogens (primary N) is 1. The second-order valence-corrected chi connectivity index (χ2v) is 5.66. The molecule has 3 rings (SSSR count). The number of hydrogen-bond donors (Lipinski definition) is 2. The highest BCUT2D eigenvalue weighted by atomic mass is 16.1. The van der Waals surface area contributed by atoms with E-state index in [0.29, 0.717) is 12.6 Å². The van der Waals surface area contributed by atoms with Gasteiger partial charge in [0.25, 0.3) is 0 Å². The smallest absolute Gasteiger partial charge is 0.244 e. The molecule has 0 saturated heterocycles. The summed E-state index contributed by atoms with van der Waals surface area (Å²) < 4.78 is 1.97. The molecule has 1 heterocycles. The molecule has 0 bridgehead atoms. The van der Waals surface area contributed by atoms with Crippen LogP contribution in [0.15, 0.2) is 42.7 Å². The van der Waals surface area contributed by atoms with Gasteiger partial charge in [0.05, 0.1) is 6.54 Å². The Balaban J connectivity index is 2.03. The topological polar surface area (TPSA) is 72.9 Å². The summed E-state index contributed by atoms with van der Waals surface area (Å²) in [6, 6.07) is 10.1. The van der Waals surface area contributed by atoms with Crippen molar-refractivity contribution in [2.24, 2.45) is 5.73 Å². The van der Waals surface area contributed by atoms with Crippen LogP contribution >= 0.6 is 0 Å². The Morgan fingerprint density at radius 3 is 2.67 bits per heavy atom. The first kappa shape index (κ1) is 13.8. The molecule has 21 heavy (non-hydrogen) atoms. The van der Waals surface area contributed by atoms with Gasteiger partial charge in [-0.25, -0.2) is 4.98 Å². The maximum absolute atomic E-state index is 12.3. The summed E-state index contributed by atoms with van der Waals surface area (Å²) in [6.45, 7) is 2.38. The molecule has 110 valence electrons. The zero-order chi connectivity index (χ0) is 14.9. The molecule has 5 heteroatoms. The number of imidazole rings is 1. The van der Waals surface area contributed by atoms with Crippen LogP contribution < -0.4 is 11.1 Å². The molecule has 0 spiro atoms. The van der Waals surface area contributed by atoms with Gasteiger partial charge in [0.2, 0.25) is 5.91 Å². The molecule has 0 aliphatic heterocycles. The zero-order valence-corrected chi connectivity index (χ0v) is 12.1. The van der Waals surface area contributed by atoms with Crippen molar-refractivity contribution in [3.05, 3.63) is 54.1 Å². The predicted octanol–water partition coefficient (Wildman–Crippen LogP) is 1.32. The lowest BCUT2D eigenvalue weighted by atomic mass is 9.88. The molecule has 1 amide bonds. The van der Waals surface area contributed by atoms with Crippen molar-refractivity contribution in [3.63, 3.8) is 0 Å². The minimum absolute atomic E-state index is 0.353. The Hall–Kier alpha value is -2.14. The molecule has 1 aliphatic carbocycles. The Morgan fingerprint density at radius 1 is 1.43 bits per heavy atom. The number of nitrogens with one attached hydrogen (secondary N) is 1. The highest BCUT2D eigenvalue weighted by Gasteiger charge is 2.43. The average Bonchev–Trinajstić information content (AvgIpc) is 3.21. The summed E-state index contributed by atoms with van der Waals surface area (Å²) in [5.74, 6) is 0.517. The van der Waals surface area contributed by atoms with Crippen molar-refractivity contribution in [3.8, 4) is 0 Å². The standard InChI is InChI=1S/C16H20N4O/c1-12-18-9-10-20(12)11-16(15(17)21,19-14-7-8-14)13-5-3-2-4-6-13/h2-6,9-10,14,19H,7-8,11H2,1H3,(H2,17,21). The third kappa shape index (κ3) is 2.69. The highest BCUT2D eigenvalue weighted by molar-refractivity contribution is 5.86. The third-order valence-electron chi connectivity index (χ3n) is 4.05. The van der Waals surface area contributed by atoms with Crippen molar-refractivity contribution in [2.45, 2.75) is 37.9 Å². The Morgan fingerprint density at radius 2 is 2.14 bits per heavy atom. The minimum Gasteiger partial charge on any atom is -0.368 e. The minimum atomic E-state index is -0.895. The van der Waals surface area contributed by atoms with Crippen molar-refractivity contribution in [1.82, 2.24) is 14.9 Å². The highest BCUT2D eigenvalue weighted by Crippen LogP contribution is 2.30. The van der Waals surface area contributed by atoms with Gasteiger partial charge in [-0.3, -0.25) is 10.1 Å². The largest absolute Gasteiger partial charge is 0.368 e. The van der Waals surface area contributed by atoms with E-state index in [4.69, 9.17) is 5.73 Å². The monoisotopic (exact) mass is 284 g/mol. The van der Waals surface area contributed by atoms with Gasteiger partial charge in [-0.1, -0.05) is 30.3 Å². The zero-order valence-electron chi connectivity index (χ0n) is 12.1. The summed E-state index contributed by atoms with van der Waals surface area (Å²) in [6.07, 6.45) is 5.79. The number of carbonyl (C=O) groups excluding carboxylic acids is 1. The van der Waals surface area contributed by atoms with Gasteiger partial charge in [0.15, 0.2) is 0 Å². The number of aromatic nitrogens is 2. The first-order valence-corrected chi connectivity index (χ1v) is 7.23. The second-order valence-electron chi connectivity index (χ2n) is 5.66. The van der Waals surface area contributed by atoms with E-state index in [1.807, 2.05) is 48.0 Å². The van der Waals surface area contributed by atoms with Crippen LogP contribution in [-0.4, -0.2) is 21.5 Å². The van der Waals surface area contributed by atoms with Crippen LogP contribution in [0.4, 0.5) is 0 Å². The van der Waals surface area contributed by atoms with E-state index in [2.05, 4.69) is 10.3 Å². The van der Waals surface area contributed by atoms with E-state index in [-0.39, 0.29) is 5.91 Å². The van der Waals surface area contributed by atoms with Crippen molar-refractivity contribution >= 4 is 5.91 Å². The van der Waals surface area contributed by atoms with Crippen LogP contribution in [0.25, 0.3) is 0 Å². The van der Waals surface area contributed by atoms with Crippen LogP contribution in [0.1, 0.15) is 24.2 Å². The summed E-state index contributed by atoms with van der Waals surface area (Å²) >= 11 is 0. The van der Waals surface area contributed by atoms with Crippen LogP contribution in [-0.2, 0) is 16.9 Å². The molecule has 0 radical (unpaired) electrons. The summed E-state index contributed by atoms with van der Waals surface area (Å²) in [7, 11) is 0. The average molecular weight is 284 g/mol. The molecule has 1 unspecified atom stereocenters. The number of rotatable bonds is 6. The van der Waals surface area contributed by atoms with Gasteiger partial charge in [0, 0.05) is 18.4 Å². The normalized spacial score (nSPS) is 17.4. The molecule has 1 aromatic heterocycles. The first-order valence-electron chi connectivity index (χ1n) is 7.23. The van der Waals surface area contributed by atoms with Crippen LogP contribution in [0, 0.1) is 6.92 Å². The molecule has 1 fully saturated rings. The maximum Gasteiger partial charge on any atom is 0.244 e. The first-order chi connectivity index (χ1) is 10.1. The quantitative estimate of drug-likeness (QED) is 0.840. The van der Waals surface area contributed by atoms with Crippen LogP contribution in [0.5, 0.6) is 0 Å². The predicted molar refractivity (Wildman–Crippen MR) is 80.4 cm³/mol. The lowest BCUT2D eigenvalue weighted by Gasteiger charge is -2.33. The lowest BCUT2D eigenvalue weighted by molar-refractivity contribution is -0.125. The number of carbonyl (C=O) groups is 1. The number of benzene rings is 1. The van der Waals surface area contributed by atoms with Gasteiger partial charge in [-0.05, 0) is 25.3 Å². The summed E-state index contributed by atoms with van der Waals surface area (Å²) in [5, 5.41) is 3.46. The molecule has 1 aromatic carbocycles. The molecule has 3 N–H and O–H groups in total. The van der Waals surface area contributed by atoms with E-state index in [0.717, 1.165) is 24.2 Å². The molecule has 1 atom stereocenters. The van der Waals surface area contributed by atoms with Gasteiger partial charge in [0.1, 0.15) is 11.4 Å². The maximum atomic E-state index is 12.3. The second kappa shape index (κ2) is 5.33. The van der Waals surface area contributed by atoms with E-state index < -0.39 is 5.54 Å². The third-order valence-corrected chi connectivity index (χ3v) is 4.05. The van der Waals surface area contributed by atoms with Crippen LogP contribution in [0.3, 0.4) is 0 Å². The van der Waals surface area contributed by atoms with Crippen LogP contribution in [0.2, 0.25) is 0 Å². The summed E-state index contributed by atoms with van der Waals surface area (Å²) in [4.78, 5) is 16.6. The van der Waals surface area contributed by atoms with Gasteiger partial charge >= 0.3 is 0 Å². The Labute approximate surface area is 124 Å². The number of hydrogen-bond acceptors (Lipinski definition) is 3. The molecule has 5 nitrogen and oxygen atoms in total. The van der Waals surface area contributed by atoms with E-state index in [9.17, 15) is 4.79 Å². The van der Waals surface area contributed by atoms with Crippen molar-refractivity contribution in [1.29, 1.82) is 0 Å². The van der Waals surface area contributed by atoms with Gasteiger partial charge in [-0.15, -0.1) is 0 Å². The van der Waals surface area contributed by atoms with Crippen molar-refractivity contribution in [2.75, 3.05) is 0 Å². The van der Waals surface area contributed by atoms with E-state index >= 15 is 0 Å². The number of aryl methyl sites for hydroxylation is 1. The van der Waals surface area contributed by atoms with E-state index in [1.54, 1.807) is 6.20 Å². The number of amides is 1. The SMILES string of the molecule is Cc1nccn1CC(NC1CC1)(C(N)=O)c1ccccc1. The lowest BCUT2D eigenvalue weighted by Crippen LogP contribution is -2.56. The Kier molecular flexibility index (Phi) is 3.51. The fourth-order valence-corrected chi connectivity index (χ4v) is 2.64. The molecular formula is C16H20N4O. The van der Waals surface area contributed by atoms with Crippen molar-refractivity contribution < 1.29 is 4.79 Å². The van der Waals surface area contributed by atoms with Gasteiger partial charge < -0.3 is 10.3 Å². The fourth-order valence-electron chi connectivity index (χ4n) is 2.64. The molecule has 2 aromatic rings. The van der Waals surface area contributed by atoms with E-state index in [1.165, 1.54) is 0 Å². The fraction of sp³-hybridized carbons (Fsp3) is 0.375. The number of primary amides is 1. The number of nitrogens with zero attached hydrogens (tertiary/aromatic N) is 2.